The molecule has 0 radical (unpaired) electrons. The Labute approximate surface area is 236 Å². The summed E-state index contributed by atoms with van der Waals surface area (Å²) in [4.78, 5) is 28.8. The summed E-state index contributed by atoms with van der Waals surface area (Å²) < 4.78 is 7.66. The minimum Gasteiger partial charge on any atom is -0.483 e. The quantitative estimate of drug-likeness (QED) is 0.214. The molecule has 196 valence electrons. The van der Waals surface area contributed by atoms with E-state index in [4.69, 9.17) is 4.74 Å². The maximum absolute atomic E-state index is 13.7. The van der Waals surface area contributed by atoms with E-state index in [1.54, 1.807) is 4.90 Å². The molecule has 1 unspecified atom stereocenters. The molecule has 1 atom stereocenters. The van der Waals surface area contributed by atoms with Crippen LogP contribution in [-0.4, -0.2) is 35.9 Å². The van der Waals surface area contributed by atoms with Gasteiger partial charge in [-0.15, -0.1) is 0 Å². The molecule has 1 N–H and O–H groups in total. The van der Waals surface area contributed by atoms with E-state index in [0.29, 0.717) is 18.7 Å². The second-order valence-corrected chi connectivity index (χ2v) is 10.7. The Kier molecular flexibility index (Phi) is 11.7. The lowest BCUT2D eigenvalue weighted by atomic mass is 10.0. The lowest BCUT2D eigenvalue weighted by Gasteiger charge is -2.31. The number of carbonyl (C=O) groups is 2. The van der Waals surface area contributed by atoms with E-state index in [-0.39, 0.29) is 25.0 Å². The fraction of sp³-hybridized carbons (Fsp3) is 0.333. The van der Waals surface area contributed by atoms with Crippen LogP contribution in [-0.2, 0) is 29.0 Å². The minimum absolute atomic E-state index is 0.158. The number of rotatable bonds is 13. The van der Waals surface area contributed by atoms with Gasteiger partial charge in [0.05, 0.1) is 4.47 Å². The van der Waals surface area contributed by atoms with Crippen molar-refractivity contribution in [3.8, 4) is 5.75 Å². The molecule has 0 heterocycles. The molecule has 0 aliphatic rings. The van der Waals surface area contributed by atoms with Crippen molar-refractivity contribution in [1.29, 1.82) is 0 Å². The third-order valence-electron chi connectivity index (χ3n) is 6.10. The molecule has 5 nitrogen and oxygen atoms in total. The van der Waals surface area contributed by atoms with Crippen LogP contribution in [0.3, 0.4) is 0 Å². The van der Waals surface area contributed by atoms with Crippen molar-refractivity contribution in [2.24, 2.45) is 0 Å². The van der Waals surface area contributed by atoms with E-state index in [9.17, 15) is 9.59 Å². The average Bonchev–Trinajstić information content (AvgIpc) is 2.90. The molecule has 0 spiro atoms. The third kappa shape index (κ3) is 9.00. The first-order chi connectivity index (χ1) is 17.9. The lowest BCUT2D eigenvalue weighted by Crippen LogP contribution is -2.51. The van der Waals surface area contributed by atoms with E-state index < -0.39 is 6.04 Å². The predicted octanol–water partition coefficient (Wildman–Crippen LogP) is 6.71. The Hall–Kier alpha value is -2.64. The zero-order chi connectivity index (χ0) is 26.6. The Morgan fingerprint density at radius 1 is 0.919 bits per heavy atom. The van der Waals surface area contributed by atoms with Gasteiger partial charge in [-0.05, 0) is 69.7 Å². The van der Waals surface area contributed by atoms with Gasteiger partial charge in [-0.2, -0.15) is 0 Å². The number of halogens is 2. The van der Waals surface area contributed by atoms with Crippen molar-refractivity contribution in [3.05, 3.63) is 98.4 Å². The molecule has 0 aromatic heterocycles. The number of unbranched alkanes of at least 4 members (excludes halogenated alkanes) is 1. The van der Waals surface area contributed by atoms with Crippen molar-refractivity contribution in [3.63, 3.8) is 0 Å². The number of hydrogen-bond donors (Lipinski definition) is 1. The summed E-state index contributed by atoms with van der Waals surface area (Å²) in [6.07, 6.45) is 3.18. The number of aryl methyl sites for hydroxylation is 1. The largest absolute Gasteiger partial charge is 0.483 e. The molecule has 0 aliphatic carbocycles. The van der Waals surface area contributed by atoms with E-state index in [2.05, 4.69) is 51.0 Å². The molecule has 3 aromatic rings. The van der Waals surface area contributed by atoms with Crippen LogP contribution in [0.5, 0.6) is 5.75 Å². The standard InChI is InChI=1S/C30H34Br2N2O3/c1-3-5-16-33-30(36)27(19-23-10-7-6-8-11-23)34(20-24-12-9-13-25(31)17-24)29(35)21-37-28-15-14-22(4-2)18-26(28)32/h6-15,17-18,27H,3-5,16,19-21H2,1-2H3,(H,33,36). The summed E-state index contributed by atoms with van der Waals surface area (Å²) >= 11 is 7.07. The summed E-state index contributed by atoms with van der Waals surface area (Å²) in [5.74, 6) is 0.187. The van der Waals surface area contributed by atoms with Gasteiger partial charge in [0.15, 0.2) is 6.61 Å². The van der Waals surface area contributed by atoms with Gasteiger partial charge in [0.2, 0.25) is 5.91 Å². The van der Waals surface area contributed by atoms with Gasteiger partial charge < -0.3 is 15.0 Å². The molecule has 2 amide bonds. The van der Waals surface area contributed by atoms with Gasteiger partial charge in [-0.25, -0.2) is 0 Å². The summed E-state index contributed by atoms with van der Waals surface area (Å²) in [5.41, 5.74) is 3.09. The van der Waals surface area contributed by atoms with Gasteiger partial charge in [0, 0.05) is 24.0 Å². The summed E-state index contributed by atoms with van der Waals surface area (Å²) in [6, 6.07) is 22.8. The minimum atomic E-state index is -0.680. The van der Waals surface area contributed by atoms with Gasteiger partial charge in [0.1, 0.15) is 11.8 Å². The Morgan fingerprint density at radius 2 is 1.68 bits per heavy atom. The molecule has 0 fully saturated rings. The SMILES string of the molecule is CCCCNC(=O)C(Cc1ccccc1)N(Cc1cccc(Br)c1)C(=O)COc1ccc(CC)cc1Br. The maximum atomic E-state index is 13.7. The normalized spacial score (nSPS) is 11.6. The molecular formula is C30H34Br2N2O3. The van der Waals surface area contributed by atoms with E-state index in [0.717, 1.165) is 39.3 Å². The number of carbonyl (C=O) groups excluding carboxylic acids is 2. The number of ether oxygens (including phenoxy) is 1. The third-order valence-corrected chi connectivity index (χ3v) is 7.21. The van der Waals surface area contributed by atoms with Crippen molar-refractivity contribution >= 4 is 43.7 Å². The Bertz CT molecular complexity index is 1170. The Morgan fingerprint density at radius 3 is 2.35 bits per heavy atom. The van der Waals surface area contributed by atoms with Gasteiger partial charge in [-0.3, -0.25) is 9.59 Å². The topological polar surface area (TPSA) is 58.6 Å². The summed E-state index contributed by atoms with van der Waals surface area (Å²) in [5, 5.41) is 3.04. The number of hydrogen-bond acceptors (Lipinski definition) is 3. The van der Waals surface area contributed by atoms with Gasteiger partial charge in [0.25, 0.3) is 5.91 Å². The molecular weight excluding hydrogens is 596 g/mol. The van der Waals surface area contributed by atoms with Gasteiger partial charge in [-0.1, -0.05) is 84.7 Å². The first-order valence-corrected chi connectivity index (χ1v) is 14.3. The van der Waals surface area contributed by atoms with E-state index >= 15 is 0 Å². The second-order valence-electron chi connectivity index (χ2n) is 8.91. The zero-order valence-electron chi connectivity index (χ0n) is 21.4. The van der Waals surface area contributed by atoms with E-state index in [1.165, 1.54) is 5.56 Å². The van der Waals surface area contributed by atoms with Crippen LogP contribution in [0.1, 0.15) is 43.4 Å². The molecule has 3 aromatic carbocycles. The molecule has 0 bridgehead atoms. The molecule has 0 saturated heterocycles. The highest BCUT2D eigenvalue weighted by molar-refractivity contribution is 9.10. The highest BCUT2D eigenvalue weighted by Gasteiger charge is 2.30. The molecule has 7 heteroatoms. The fourth-order valence-electron chi connectivity index (χ4n) is 4.00. The van der Waals surface area contributed by atoms with E-state index in [1.807, 2.05) is 72.8 Å². The fourth-order valence-corrected chi connectivity index (χ4v) is 4.98. The highest BCUT2D eigenvalue weighted by Crippen LogP contribution is 2.26. The monoisotopic (exact) mass is 628 g/mol. The van der Waals surface area contributed by atoms with Crippen molar-refractivity contribution < 1.29 is 14.3 Å². The van der Waals surface area contributed by atoms with Crippen molar-refractivity contribution in [2.75, 3.05) is 13.2 Å². The maximum Gasteiger partial charge on any atom is 0.261 e. The Balaban J connectivity index is 1.89. The second kappa shape index (κ2) is 14.9. The van der Waals surface area contributed by atoms with Crippen LogP contribution < -0.4 is 10.1 Å². The molecule has 0 aliphatic heterocycles. The predicted molar refractivity (Wildman–Crippen MR) is 156 cm³/mol. The average molecular weight is 630 g/mol. The molecule has 37 heavy (non-hydrogen) atoms. The van der Waals surface area contributed by atoms with Crippen molar-refractivity contribution in [1.82, 2.24) is 10.2 Å². The molecule has 0 saturated carbocycles. The van der Waals surface area contributed by atoms with Gasteiger partial charge >= 0.3 is 0 Å². The summed E-state index contributed by atoms with van der Waals surface area (Å²) in [7, 11) is 0. The van der Waals surface area contributed by atoms with Crippen LogP contribution >= 0.6 is 31.9 Å². The zero-order valence-corrected chi connectivity index (χ0v) is 24.6. The smallest absolute Gasteiger partial charge is 0.261 e. The van der Waals surface area contributed by atoms with Crippen LogP contribution in [0.4, 0.5) is 0 Å². The molecule has 3 rings (SSSR count). The first-order valence-electron chi connectivity index (χ1n) is 12.7. The lowest BCUT2D eigenvalue weighted by molar-refractivity contribution is -0.142. The van der Waals surface area contributed by atoms with Crippen LogP contribution in [0.25, 0.3) is 0 Å². The summed E-state index contributed by atoms with van der Waals surface area (Å²) in [6.45, 7) is 4.86. The van der Waals surface area contributed by atoms with Crippen molar-refractivity contribution in [2.45, 2.75) is 52.1 Å². The first kappa shape index (κ1) is 28.9. The van der Waals surface area contributed by atoms with Crippen LogP contribution in [0.2, 0.25) is 0 Å². The number of nitrogens with zero attached hydrogens (tertiary/aromatic N) is 1. The number of nitrogens with one attached hydrogen (secondary N) is 1. The number of amides is 2. The van der Waals surface area contributed by atoms with Crippen LogP contribution in [0.15, 0.2) is 81.7 Å². The number of benzene rings is 3. The van der Waals surface area contributed by atoms with Crippen LogP contribution in [0, 0.1) is 0 Å². The highest BCUT2D eigenvalue weighted by atomic mass is 79.9.